The van der Waals surface area contributed by atoms with Crippen LogP contribution in [0.25, 0.3) is 0 Å². The Morgan fingerprint density at radius 1 is 1.40 bits per heavy atom. The molecule has 1 N–H and O–H groups in total. The molecule has 1 saturated heterocycles. The number of ether oxygens (including phenoxy) is 1. The van der Waals surface area contributed by atoms with E-state index in [-0.39, 0.29) is 21.4 Å². The highest BCUT2D eigenvalue weighted by atomic mass is 35.5. The Labute approximate surface area is 123 Å². The van der Waals surface area contributed by atoms with Gasteiger partial charge in [0.25, 0.3) is 0 Å². The van der Waals surface area contributed by atoms with Crippen molar-refractivity contribution in [3.8, 4) is 6.07 Å². The van der Waals surface area contributed by atoms with Crippen molar-refractivity contribution in [3.63, 3.8) is 0 Å². The summed E-state index contributed by atoms with van der Waals surface area (Å²) in [5.41, 5.74) is 0.265. The highest BCUT2D eigenvalue weighted by Gasteiger charge is 2.21. The van der Waals surface area contributed by atoms with E-state index in [2.05, 4.69) is 4.72 Å². The summed E-state index contributed by atoms with van der Waals surface area (Å²) in [5.74, 6) is 0.274. The summed E-state index contributed by atoms with van der Waals surface area (Å²) in [6.07, 6.45) is 1.68. The van der Waals surface area contributed by atoms with Crippen LogP contribution in [0.15, 0.2) is 23.1 Å². The fraction of sp³-hybridized carbons (Fsp3) is 0.462. The third-order valence-electron chi connectivity index (χ3n) is 3.25. The minimum atomic E-state index is -3.70. The molecule has 0 radical (unpaired) electrons. The number of sulfonamides is 1. The van der Waals surface area contributed by atoms with Crippen LogP contribution < -0.4 is 4.72 Å². The molecule has 0 spiro atoms. The molecule has 7 heteroatoms. The minimum absolute atomic E-state index is 0.0507. The van der Waals surface area contributed by atoms with E-state index in [1.54, 1.807) is 0 Å². The number of hydrogen-bond donors (Lipinski definition) is 1. The smallest absolute Gasteiger partial charge is 0.242 e. The lowest BCUT2D eigenvalue weighted by Gasteiger charge is -2.22. The molecule has 2 rings (SSSR count). The van der Waals surface area contributed by atoms with Crippen LogP contribution in [0.2, 0.25) is 5.02 Å². The Morgan fingerprint density at radius 3 is 2.75 bits per heavy atom. The molecule has 0 unspecified atom stereocenters. The first-order chi connectivity index (χ1) is 9.53. The Kier molecular flexibility index (Phi) is 5.00. The van der Waals surface area contributed by atoms with Gasteiger partial charge in [-0.05, 0) is 37.0 Å². The Balaban J connectivity index is 2.11. The quantitative estimate of drug-likeness (QED) is 0.920. The van der Waals surface area contributed by atoms with Gasteiger partial charge in [0.05, 0.1) is 16.7 Å². The molecule has 1 aromatic rings. The van der Waals surface area contributed by atoms with E-state index in [0.717, 1.165) is 12.8 Å². The van der Waals surface area contributed by atoms with Gasteiger partial charge in [-0.25, -0.2) is 13.1 Å². The summed E-state index contributed by atoms with van der Waals surface area (Å²) in [6, 6.07) is 6.10. The molecule has 0 amide bonds. The first-order valence-electron chi connectivity index (χ1n) is 6.30. The molecule has 0 aliphatic carbocycles. The highest BCUT2D eigenvalue weighted by molar-refractivity contribution is 7.89. The zero-order valence-electron chi connectivity index (χ0n) is 10.8. The lowest BCUT2D eigenvalue weighted by Crippen LogP contribution is -2.32. The second kappa shape index (κ2) is 6.55. The van der Waals surface area contributed by atoms with Crippen LogP contribution >= 0.6 is 11.6 Å². The molecular formula is C13H15ClN2O3S. The van der Waals surface area contributed by atoms with Gasteiger partial charge >= 0.3 is 0 Å². The Hall–Kier alpha value is -1.13. The van der Waals surface area contributed by atoms with E-state index in [4.69, 9.17) is 21.6 Å². The van der Waals surface area contributed by atoms with Crippen LogP contribution in [-0.2, 0) is 14.8 Å². The summed E-state index contributed by atoms with van der Waals surface area (Å²) >= 11 is 5.91. The topological polar surface area (TPSA) is 79.2 Å². The number of nitrogens with one attached hydrogen (secondary N) is 1. The van der Waals surface area contributed by atoms with Crippen molar-refractivity contribution in [2.75, 3.05) is 19.8 Å². The van der Waals surface area contributed by atoms with Gasteiger partial charge in [-0.2, -0.15) is 5.26 Å². The molecule has 0 bridgehead atoms. The van der Waals surface area contributed by atoms with E-state index in [9.17, 15) is 8.42 Å². The van der Waals surface area contributed by atoms with Crippen LogP contribution in [0.3, 0.4) is 0 Å². The minimum Gasteiger partial charge on any atom is -0.381 e. The molecule has 1 aliphatic rings. The maximum Gasteiger partial charge on any atom is 0.242 e. The molecular weight excluding hydrogens is 300 g/mol. The van der Waals surface area contributed by atoms with Crippen LogP contribution in [0.5, 0.6) is 0 Å². The molecule has 108 valence electrons. The van der Waals surface area contributed by atoms with Gasteiger partial charge in [0.1, 0.15) is 4.90 Å². The Bertz CT molecular complexity index is 619. The SMILES string of the molecule is N#Cc1ccc(Cl)c(S(=O)(=O)NCC2CCOCC2)c1. The van der Waals surface area contributed by atoms with E-state index in [1.807, 2.05) is 6.07 Å². The highest BCUT2D eigenvalue weighted by Crippen LogP contribution is 2.23. The Morgan fingerprint density at radius 2 is 2.10 bits per heavy atom. The average Bonchev–Trinajstić information content (AvgIpc) is 2.47. The molecule has 1 aliphatic heterocycles. The predicted molar refractivity (Wildman–Crippen MR) is 74.9 cm³/mol. The van der Waals surface area contributed by atoms with Gasteiger partial charge in [-0.1, -0.05) is 11.6 Å². The second-order valence-corrected chi connectivity index (χ2v) is 6.81. The summed E-state index contributed by atoms with van der Waals surface area (Å²) in [4.78, 5) is -0.0507. The zero-order valence-corrected chi connectivity index (χ0v) is 12.4. The number of rotatable bonds is 4. The first kappa shape index (κ1) is 15.3. The van der Waals surface area contributed by atoms with Gasteiger partial charge < -0.3 is 4.74 Å². The fourth-order valence-electron chi connectivity index (χ4n) is 2.03. The maximum absolute atomic E-state index is 12.2. The first-order valence-corrected chi connectivity index (χ1v) is 8.16. The van der Waals surface area contributed by atoms with Gasteiger partial charge in [0.15, 0.2) is 0 Å². The van der Waals surface area contributed by atoms with Gasteiger partial charge in [0, 0.05) is 19.8 Å². The van der Waals surface area contributed by atoms with Crippen LogP contribution in [0, 0.1) is 17.2 Å². The van der Waals surface area contributed by atoms with Gasteiger partial charge in [-0.3, -0.25) is 0 Å². The van der Waals surface area contributed by atoms with Crippen molar-refractivity contribution < 1.29 is 13.2 Å². The van der Waals surface area contributed by atoms with Gasteiger partial charge in [0.2, 0.25) is 10.0 Å². The predicted octanol–water partition coefficient (Wildman–Crippen LogP) is 1.92. The average molecular weight is 315 g/mol. The van der Waals surface area contributed by atoms with Crippen LogP contribution in [-0.4, -0.2) is 28.2 Å². The molecule has 20 heavy (non-hydrogen) atoms. The maximum atomic E-state index is 12.2. The van der Waals surface area contributed by atoms with Gasteiger partial charge in [-0.15, -0.1) is 0 Å². The zero-order chi connectivity index (χ0) is 14.6. The molecule has 1 aromatic carbocycles. The number of halogens is 1. The van der Waals surface area contributed by atoms with Crippen molar-refractivity contribution in [2.24, 2.45) is 5.92 Å². The van der Waals surface area contributed by atoms with E-state index >= 15 is 0 Å². The molecule has 1 heterocycles. The number of nitriles is 1. The van der Waals surface area contributed by atoms with Crippen molar-refractivity contribution in [1.82, 2.24) is 4.72 Å². The van der Waals surface area contributed by atoms with Crippen LogP contribution in [0.4, 0.5) is 0 Å². The lowest BCUT2D eigenvalue weighted by atomic mass is 10.0. The van der Waals surface area contributed by atoms with E-state index in [0.29, 0.717) is 19.8 Å². The largest absolute Gasteiger partial charge is 0.381 e. The number of hydrogen-bond acceptors (Lipinski definition) is 4. The third-order valence-corrected chi connectivity index (χ3v) is 5.16. The van der Waals surface area contributed by atoms with Crippen LogP contribution in [0.1, 0.15) is 18.4 Å². The summed E-state index contributed by atoms with van der Waals surface area (Å²) in [5, 5.41) is 8.94. The standard InChI is InChI=1S/C13H15ClN2O3S/c14-12-2-1-11(8-15)7-13(12)20(17,18)16-9-10-3-5-19-6-4-10/h1-2,7,10,16H,3-6,9H2. The fourth-order valence-corrected chi connectivity index (χ4v) is 3.67. The normalized spacial score (nSPS) is 16.8. The van der Waals surface area contributed by atoms with Crippen molar-refractivity contribution in [2.45, 2.75) is 17.7 Å². The lowest BCUT2D eigenvalue weighted by molar-refractivity contribution is 0.0678. The van der Waals surface area contributed by atoms with E-state index < -0.39 is 10.0 Å². The molecule has 5 nitrogen and oxygen atoms in total. The van der Waals surface area contributed by atoms with Crippen molar-refractivity contribution in [3.05, 3.63) is 28.8 Å². The third kappa shape index (κ3) is 3.70. The molecule has 0 saturated carbocycles. The molecule has 1 fully saturated rings. The molecule has 0 atom stereocenters. The summed E-state index contributed by atoms with van der Waals surface area (Å²) < 4.78 is 32.2. The van der Waals surface area contributed by atoms with Crippen molar-refractivity contribution >= 4 is 21.6 Å². The van der Waals surface area contributed by atoms with E-state index in [1.165, 1.54) is 18.2 Å². The summed E-state index contributed by atoms with van der Waals surface area (Å²) in [7, 11) is -3.70. The van der Waals surface area contributed by atoms with Crippen molar-refractivity contribution in [1.29, 1.82) is 5.26 Å². The summed E-state index contributed by atoms with van der Waals surface area (Å²) in [6.45, 7) is 1.69. The number of benzene rings is 1. The number of nitrogens with zero attached hydrogens (tertiary/aromatic N) is 1. The molecule has 0 aromatic heterocycles. The second-order valence-electron chi connectivity index (χ2n) is 4.66. The monoisotopic (exact) mass is 314 g/mol.